The van der Waals surface area contributed by atoms with Gasteiger partial charge in [0.15, 0.2) is 0 Å². The fraction of sp³-hybridized carbons (Fsp3) is 0.312. The molecule has 0 bridgehead atoms. The van der Waals surface area contributed by atoms with Crippen LogP contribution >= 0.6 is 22.9 Å². The number of aliphatic carboxylic acids is 1. The number of halogens is 1. The van der Waals surface area contributed by atoms with E-state index in [1.807, 2.05) is 0 Å². The van der Waals surface area contributed by atoms with Gasteiger partial charge in [0, 0.05) is 16.9 Å². The molecule has 2 rings (SSSR count). The fourth-order valence-electron chi connectivity index (χ4n) is 1.82. The van der Waals surface area contributed by atoms with Crippen molar-refractivity contribution >= 4 is 34.8 Å². The zero-order valence-electron chi connectivity index (χ0n) is 13.2. The molecule has 0 aliphatic heterocycles. The maximum atomic E-state index is 11.8. The highest BCUT2D eigenvalue weighted by Gasteiger charge is 2.08. The van der Waals surface area contributed by atoms with Crippen molar-refractivity contribution in [3.05, 3.63) is 45.4 Å². The molecule has 2 aromatic rings. The second-order valence-corrected chi connectivity index (χ2v) is 6.33. The van der Waals surface area contributed by atoms with Crippen LogP contribution in [-0.4, -0.2) is 41.7 Å². The zero-order chi connectivity index (χ0) is 18.1. The maximum absolute atomic E-state index is 11.8. The molecule has 0 aliphatic carbocycles. The molecule has 1 amide bonds. The average Bonchev–Trinajstić information content (AvgIpc) is 3.01. The average molecular weight is 385 g/mol. The van der Waals surface area contributed by atoms with Crippen molar-refractivity contribution in [2.45, 2.75) is 13.0 Å². The lowest BCUT2D eigenvalue weighted by Gasteiger charge is -2.04. The smallest absolute Gasteiger partial charge is 0.329 e. The minimum absolute atomic E-state index is 0.148. The van der Waals surface area contributed by atoms with Gasteiger partial charge in [-0.1, -0.05) is 11.6 Å². The van der Waals surface area contributed by atoms with E-state index in [1.165, 1.54) is 11.3 Å². The summed E-state index contributed by atoms with van der Waals surface area (Å²) in [7, 11) is 0. The van der Waals surface area contributed by atoms with Gasteiger partial charge in [-0.15, -0.1) is 11.3 Å². The third-order valence-corrected chi connectivity index (χ3v) is 4.03. The van der Waals surface area contributed by atoms with Gasteiger partial charge in [-0.05, 0) is 24.3 Å². The topological polar surface area (TPSA) is 97.8 Å². The van der Waals surface area contributed by atoms with Crippen molar-refractivity contribution in [1.82, 2.24) is 10.3 Å². The summed E-state index contributed by atoms with van der Waals surface area (Å²) in [5.74, 6) is -0.545. The summed E-state index contributed by atoms with van der Waals surface area (Å²) in [6, 6.07) is 7.04. The van der Waals surface area contributed by atoms with E-state index in [0.717, 1.165) is 5.01 Å². The van der Waals surface area contributed by atoms with E-state index in [2.05, 4.69) is 10.3 Å². The Bertz CT molecular complexity index is 705. The molecule has 7 nitrogen and oxygen atoms in total. The number of benzene rings is 1. The molecule has 1 aromatic heterocycles. The van der Waals surface area contributed by atoms with Gasteiger partial charge in [0.05, 0.1) is 18.7 Å². The first-order valence-corrected chi connectivity index (χ1v) is 8.66. The molecule has 0 saturated carbocycles. The highest BCUT2D eigenvalue weighted by Crippen LogP contribution is 2.18. The first-order chi connectivity index (χ1) is 12.0. The number of carboxylic acids is 1. The fourth-order valence-corrected chi connectivity index (χ4v) is 2.65. The van der Waals surface area contributed by atoms with Crippen molar-refractivity contribution < 1.29 is 24.2 Å². The second-order valence-electron chi connectivity index (χ2n) is 4.95. The number of carbonyl (C=O) groups is 2. The van der Waals surface area contributed by atoms with Crippen molar-refractivity contribution in [2.24, 2.45) is 0 Å². The SMILES string of the molecule is O=C(O)COCCNC(=O)Cc1csc(COc2ccc(Cl)cc2)n1. The molecule has 9 heteroatoms. The predicted octanol–water partition coefficient (Wildman–Crippen LogP) is 2.14. The lowest BCUT2D eigenvalue weighted by molar-refractivity contribution is -0.142. The van der Waals surface area contributed by atoms with Gasteiger partial charge < -0.3 is 19.9 Å². The molecule has 0 aliphatic rings. The van der Waals surface area contributed by atoms with Crippen molar-refractivity contribution in [3.8, 4) is 5.75 Å². The monoisotopic (exact) mass is 384 g/mol. The van der Waals surface area contributed by atoms with Crippen LogP contribution in [0.3, 0.4) is 0 Å². The Labute approximate surface area is 153 Å². The number of carboxylic acid groups (broad SMARTS) is 1. The van der Waals surface area contributed by atoms with Crippen molar-refractivity contribution in [1.29, 1.82) is 0 Å². The van der Waals surface area contributed by atoms with Crippen LogP contribution in [0.5, 0.6) is 5.75 Å². The normalized spacial score (nSPS) is 10.4. The quantitative estimate of drug-likeness (QED) is 0.609. The van der Waals surface area contributed by atoms with E-state index in [9.17, 15) is 9.59 Å². The van der Waals surface area contributed by atoms with E-state index in [0.29, 0.717) is 23.1 Å². The predicted molar refractivity (Wildman–Crippen MR) is 93.1 cm³/mol. The van der Waals surface area contributed by atoms with Gasteiger partial charge in [0.25, 0.3) is 0 Å². The number of nitrogens with zero attached hydrogens (tertiary/aromatic N) is 1. The second kappa shape index (κ2) is 9.97. The minimum atomic E-state index is -1.04. The van der Waals surface area contributed by atoms with Crippen LogP contribution in [0.1, 0.15) is 10.7 Å². The van der Waals surface area contributed by atoms with Crippen LogP contribution in [0.2, 0.25) is 5.02 Å². The Balaban J connectivity index is 1.68. The van der Waals surface area contributed by atoms with Crippen molar-refractivity contribution in [3.63, 3.8) is 0 Å². The van der Waals surface area contributed by atoms with E-state index in [4.69, 9.17) is 26.2 Å². The molecule has 0 unspecified atom stereocenters. The van der Waals surface area contributed by atoms with Crippen LogP contribution < -0.4 is 10.1 Å². The maximum Gasteiger partial charge on any atom is 0.329 e. The third kappa shape index (κ3) is 7.51. The zero-order valence-corrected chi connectivity index (χ0v) is 14.8. The summed E-state index contributed by atoms with van der Waals surface area (Å²) in [6.45, 7) is 0.341. The van der Waals surface area contributed by atoms with E-state index < -0.39 is 5.97 Å². The number of ether oxygens (including phenoxy) is 2. The molecule has 1 aromatic carbocycles. The number of amides is 1. The Hall–Kier alpha value is -2.16. The number of rotatable bonds is 10. The molecule has 0 atom stereocenters. The summed E-state index contributed by atoms with van der Waals surface area (Å²) >= 11 is 7.23. The Kier molecular flexibility index (Phi) is 7.65. The summed E-state index contributed by atoms with van der Waals surface area (Å²) in [4.78, 5) is 26.4. The molecular weight excluding hydrogens is 368 g/mol. The van der Waals surface area contributed by atoms with Gasteiger partial charge in [0.2, 0.25) is 5.91 Å². The largest absolute Gasteiger partial charge is 0.486 e. The number of hydrogen-bond donors (Lipinski definition) is 2. The molecule has 2 N–H and O–H groups in total. The number of aromatic nitrogens is 1. The summed E-state index contributed by atoms with van der Waals surface area (Å²) in [5.41, 5.74) is 0.656. The van der Waals surface area contributed by atoms with Crippen LogP contribution in [0.15, 0.2) is 29.6 Å². The standard InChI is InChI=1S/C16H17ClN2O5S/c17-11-1-3-13(4-2-11)24-8-15-19-12(10-25-15)7-14(20)18-5-6-23-9-16(21)22/h1-4,10H,5-9H2,(H,18,20)(H,21,22). The summed E-state index contributed by atoms with van der Waals surface area (Å²) in [5, 5.41) is 14.3. The van der Waals surface area contributed by atoms with Gasteiger partial charge >= 0.3 is 5.97 Å². The van der Waals surface area contributed by atoms with Crippen LogP contribution in [0.25, 0.3) is 0 Å². The van der Waals surface area contributed by atoms with Gasteiger partial charge in [0.1, 0.15) is 24.0 Å². The highest BCUT2D eigenvalue weighted by atomic mass is 35.5. The van der Waals surface area contributed by atoms with Gasteiger partial charge in [-0.3, -0.25) is 4.79 Å². The number of carbonyl (C=O) groups excluding carboxylic acids is 1. The lowest BCUT2D eigenvalue weighted by Crippen LogP contribution is -2.29. The molecule has 25 heavy (non-hydrogen) atoms. The third-order valence-electron chi connectivity index (χ3n) is 2.91. The van der Waals surface area contributed by atoms with E-state index >= 15 is 0 Å². The molecular formula is C16H17ClN2O5S. The first kappa shape index (κ1) is 19.2. The summed E-state index contributed by atoms with van der Waals surface area (Å²) in [6.07, 6.45) is 0.149. The molecule has 0 radical (unpaired) electrons. The highest BCUT2D eigenvalue weighted by molar-refractivity contribution is 7.09. The summed E-state index contributed by atoms with van der Waals surface area (Å²) < 4.78 is 10.4. The Morgan fingerprint density at radius 2 is 2.04 bits per heavy atom. The number of hydrogen-bond acceptors (Lipinski definition) is 6. The Morgan fingerprint density at radius 1 is 1.28 bits per heavy atom. The molecule has 0 spiro atoms. The van der Waals surface area contributed by atoms with E-state index in [1.54, 1.807) is 29.6 Å². The molecule has 1 heterocycles. The van der Waals surface area contributed by atoms with Crippen molar-refractivity contribution in [2.75, 3.05) is 19.8 Å². The molecule has 0 fully saturated rings. The van der Waals surface area contributed by atoms with Crippen LogP contribution in [0, 0.1) is 0 Å². The molecule has 0 saturated heterocycles. The lowest BCUT2D eigenvalue weighted by atomic mass is 10.3. The van der Waals surface area contributed by atoms with Gasteiger partial charge in [-0.25, -0.2) is 9.78 Å². The van der Waals surface area contributed by atoms with Crippen LogP contribution in [0.4, 0.5) is 0 Å². The van der Waals surface area contributed by atoms with Crippen LogP contribution in [-0.2, 0) is 27.4 Å². The van der Waals surface area contributed by atoms with E-state index in [-0.39, 0.29) is 32.1 Å². The number of nitrogens with one attached hydrogen (secondary N) is 1. The molecule has 134 valence electrons. The van der Waals surface area contributed by atoms with Gasteiger partial charge in [-0.2, -0.15) is 0 Å². The number of thiazole rings is 1. The Morgan fingerprint density at radius 3 is 2.76 bits per heavy atom. The first-order valence-electron chi connectivity index (χ1n) is 7.41. The minimum Gasteiger partial charge on any atom is -0.486 e.